The molecule has 88 valence electrons. The Hall–Kier alpha value is -2.62. The maximum atomic E-state index is 5.91. The number of rotatable bonds is 2. The summed E-state index contributed by atoms with van der Waals surface area (Å²) in [7, 11) is 0. The van der Waals surface area contributed by atoms with Gasteiger partial charge >= 0.3 is 0 Å². The van der Waals surface area contributed by atoms with Crippen molar-refractivity contribution >= 4 is 28.2 Å². The molecule has 0 aliphatic heterocycles. The van der Waals surface area contributed by atoms with Gasteiger partial charge in [0.15, 0.2) is 0 Å². The molecular weight excluding hydrogens is 224 g/mol. The summed E-state index contributed by atoms with van der Waals surface area (Å²) >= 11 is 0. The van der Waals surface area contributed by atoms with Crippen LogP contribution in [0.4, 0.5) is 17.3 Å². The molecule has 0 spiro atoms. The minimum atomic E-state index is 0.678. The summed E-state index contributed by atoms with van der Waals surface area (Å²) < 4.78 is 0. The van der Waals surface area contributed by atoms with Crippen LogP contribution < -0.4 is 11.1 Å². The van der Waals surface area contributed by atoms with Gasteiger partial charge in [-0.15, -0.1) is 0 Å². The third-order valence-corrected chi connectivity index (χ3v) is 2.67. The lowest BCUT2D eigenvalue weighted by Crippen LogP contribution is -1.97. The van der Waals surface area contributed by atoms with Crippen molar-refractivity contribution in [2.75, 3.05) is 11.1 Å². The zero-order chi connectivity index (χ0) is 12.4. The molecule has 2 aromatic heterocycles. The lowest BCUT2D eigenvalue weighted by Gasteiger charge is -2.06. The maximum Gasteiger partial charge on any atom is 0.132 e. The Morgan fingerprint density at radius 2 is 1.83 bits per heavy atom. The van der Waals surface area contributed by atoms with Crippen molar-refractivity contribution in [3.8, 4) is 0 Å². The molecule has 3 N–H and O–H groups in total. The second-order valence-corrected chi connectivity index (χ2v) is 3.96. The molecule has 0 saturated heterocycles. The Bertz CT molecular complexity index is 680. The van der Waals surface area contributed by atoms with Gasteiger partial charge in [-0.25, -0.2) is 9.97 Å². The summed E-state index contributed by atoms with van der Waals surface area (Å²) in [6.07, 6.45) is 1.73. The number of nitrogen functional groups attached to an aromatic ring is 1. The predicted octanol–water partition coefficient (Wildman–Crippen LogP) is 2.96. The van der Waals surface area contributed by atoms with Gasteiger partial charge in [0.25, 0.3) is 0 Å². The van der Waals surface area contributed by atoms with Gasteiger partial charge < -0.3 is 11.1 Å². The highest BCUT2D eigenvalue weighted by Gasteiger charge is 2.01. The smallest absolute Gasteiger partial charge is 0.132 e. The zero-order valence-electron chi connectivity index (χ0n) is 9.67. The summed E-state index contributed by atoms with van der Waals surface area (Å²) in [5.74, 6) is 1.50. The Labute approximate surface area is 104 Å². The number of nitrogens with one attached hydrogen (secondary N) is 1. The van der Waals surface area contributed by atoms with Crippen LogP contribution in [-0.4, -0.2) is 9.97 Å². The predicted molar refractivity (Wildman–Crippen MR) is 73.7 cm³/mol. The molecule has 0 atom stereocenters. The Morgan fingerprint density at radius 3 is 2.67 bits per heavy atom. The molecule has 18 heavy (non-hydrogen) atoms. The van der Waals surface area contributed by atoms with Gasteiger partial charge in [0.05, 0.1) is 11.2 Å². The number of nitrogens with two attached hydrogens (primary N) is 1. The maximum absolute atomic E-state index is 5.91. The highest BCUT2D eigenvalue weighted by molar-refractivity contribution is 5.90. The first-order valence-electron chi connectivity index (χ1n) is 5.66. The van der Waals surface area contributed by atoms with Crippen LogP contribution in [0.2, 0.25) is 0 Å². The van der Waals surface area contributed by atoms with Gasteiger partial charge in [-0.1, -0.05) is 18.2 Å². The Balaban J connectivity index is 2.01. The molecule has 4 nitrogen and oxygen atoms in total. The zero-order valence-corrected chi connectivity index (χ0v) is 9.67. The number of nitrogens with zero attached hydrogens (tertiary/aromatic N) is 2. The molecule has 0 amide bonds. The average molecular weight is 236 g/mol. The van der Waals surface area contributed by atoms with Crippen molar-refractivity contribution in [1.82, 2.24) is 9.97 Å². The number of benzene rings is 1. The molecule has 0 bridgehead atoms. The minimum Gasteiger partial charge on any atom is -0.397 e. The summed E-state index contributed by atoms with van der Waals surface area (Å²) in [6.45, 7) is 0. The number of anilines is 3. The third-order valence-electron chi connectivity index (χ3n) is 2.67. The topological polar surface area (TPSA) is 63.8 Å². The standard InChI is InChI=1S/C14H12N4/c15-11-5-3-4-10-7-8-13(18-14(10)11)17-12-6-1-2-9-16-12/h1-9H,15H2,(H,16,17,18). The molecule has 1 aromatic carbocycles. The molecule has 0 fully saturated rings. The van der Waals surface area contributed by atoms with Crippen LogP contribution in [0.1, 0.15) is 0 Å². The largest absolute Gasteiger partial charge is 0.397 e. The second kappa shape index (κ2) is 4.33. The van der Waals surface area contributed by atoms with Crippen LogP contribution >= 0.6 is 0 Å². The monoisotopic (exact) mass is 236 g/mol. The van der Waals surface area contributed by atoms with E-state index in [1.54, 1.807) is 6.20 Å². The van der Waals surface area contributed by atoms with E-state index >= 15 is 0 Å². The Kier molecular flexibility index (Phi) is 2.53. The van der Waals surface area contributed by atoms with Gasteiger partial charge in [0, 0.05) is 11.6 Å². The molecule has 2 heterocycles. The minimum absolute atomic E-state index is 0.678. The SMILES string of the molecule is Nc1cccc2ccc(Nc3ccccn3)nc12. The first-order valence-corrected chi connectivity index (χ1v) is 5.66. The van der Waals surface area contributed by atoms with Crippen LogP contribution in [0.25, 0.3) is 10.9 Å². The summed E-state index contributed by atoms with van der Waals surface area (Å²) in [6, 6.07) is 15.3. The number of hydrogen-bond donors (Lipinski definition) is 2. The highest BCUT2D eigenvalue weighted by Crippen LogP contribution is 2.21. The highest BCUT2D eigenvalue weighted by atomic mass is 15.1. The van der Waals surface area contributed by atoms with Crippen molar-refractivity contribution < 1.29 is 0 Å². The molecule has 0 aliphatic carbocycles. The number of pyridine rings is 2. The van der Waals surface area contributed by atoms with E-state index in [-0.39, 0.29) is 0 Å². The number of aromatic nitrogens is 2. The van der Waals surface area contributed by atoms with Crippen molar-refractivity contribution in [3.63, 3.8) is 0 Å². The van der Waals surface area contributed by atoms with Gasteiger partial charge in [-0.2, -0.15) is 0 Å². The first kappa shape index (κ1) is 10.5. The fourth-order valence-electron chi connectivity index (χ4n) is 1.81. The van der Waals surface area contributed by atoms with Gasteiger partial charge in [0.2, 0.25) is 0 Å². The van der Waals surface area contributed by atoms with E-state index in [1.807, 2.05) is 48.5 Å². The lowest BCUT2D eigenvalue weighted by atomic mass is 10.2. The summed E-state index contributed by atoms with van der Waals surface area (Å²) in [5.41, 5.74) is 7.39. The first-order chi connectivity index (χ1) is 8.83. The lowest BCUT2D eigenvalue weighted by molar-refractivity contribution is 1.28. The van der Waals surface area contributed by atoms with Crippen LogP contribution in [0.3, 0.4) is 0 Å². The Morgan fingerprint density at radius 1 is 0.889 bits per heavy atom. The average Bonchev–Trinajstić information content (AvgIpc) is 2.41. The van der Waals surface area contributed by atoms with E-state index in [0.717, 1.165) is 22.5 Å². The van der Waals surface area contributed by atoms with Gasteiger partial charge in [0.1, 0.15) is 11.6 Å². The molecule has 0 unspecified atom stereocenters. The van der Waals surface area contributed by atoms with Crippen LogP contribution in [0.5, 0.6) is 0 Å². The normalized spacial score (nSPS) is 10.4. The van der Waals surface area contributed by atoms with Crippen molar-refractivity contribution in [3.05, 3.63) is 54.7 Å². The molecule has 0 saturated carbocycles. The quantitative estimate of drug-likeness (QED) is 0.671. The van der Waals surface area contributed by atoms with Gasteiger partial charge in [-0.3, -0.25) is 0 Å². The molecular formula is C14H12N4. The molecule has 3 aromatic rings. The number of para-hydroxylation sites is 1. The van der Waals surface area contributed by atoms with E-state index in [1.165, 1.54) is 0 Å². The van der Waals surface area contributed by atoms with Crippen LogP contribution in [0.15, 0.2) is 54.7 Å². The second-order valence-electron chi connectivity index (χ2n) is 3.96. The molecule has 0 aliphatic rings. The van der Waals surface area contributed by atoms with Crippen molar-refractivity contribution in [2.24, 2.45) is 0 Å². The molecule has 0 radical (unpaired) electrons. The van der Waals surface area contributed by atoms with Crippen molar-refractivity contribution in [2.45, 2.75) is 0 Å². The van der Waals surface area contributed by atoms with E-state index in [0.29, 0.717) is 5.69 Å². The summed E-state index contributed by atoms with van der Waals surface area (Å²) in [4.78, 5) is 8.69. The van der Waals surface area contributed by atoms with E-state index in [9.17, 15) is 0 Å². The van der Waals surface area contributed by atoms with Crippen LogP contribution in [-0.2, 0) is 0 Å². The third kappa shape index (κ3) is 1.96. The van der Waals surface area contributed by atoms with E-state index < -0.39 is 0 Å². The van der Waals surface area contributed by atoms with E-state index in [4.69, 9.17) is 5.73 Å². The fraction of sp³-hybridized carbons (Fsp3) is 0. The van der Waals surface area contributed by atoms with Gasteiger partial charge in [-0.05, 0) is 30.3 Å². The number of fused-ring (bicyclic) bond motifs is 1. The van der Waals surface area contributed by atoms with Crippen LogP contribution in [0, 0.1) is 0 Å². The fourth-order valence-corrected chi connectivity index (χ4v) is 1.81. The van der Waals surface area contributed by atoms with E-state index in [2.05, 4.69) is 15.3 Å². The summed E-state index contributed by atoms with van der Waals surface area (Å²) in [5, 5.41) is 4.17. The van der Waals surface area contributed by atoms with Crippen molar-refractivity contribution in [1.29, 1.82) is 0 Å². The molecule has 3 rings (SSSR count). The number of hydrogen-bond acceptors (Lipinski definition) is 4. The molecule has 4 heteroatoms.